The second kappa shape index (κ2) is 8.69. The van der Waals surface area contributed by atoms with Crippen molar-refractivity contribution in [3.63, 3.8) is 0 Å². The molecule has 0 amide bonds. The molecular formula is C24H18Cl2N4O3. The normalized spacial score (nSPS) is 11.8. The Morgan fingerprint density at radius 2 is 1.79 bits per heavy atom. The van der Waals surface area contributed by atoms with Crippen LogP contribution in [0.25, 0.3) is 33.3 Å². The lowest BCUT2D eigenvalue weighted by atomic mass is 10.1. The zero-order chi connectivity index (χ0) is 22.9. The highest BCUT2D eigenvalue weighted by Gasteiger charge is 2.13. The third-order valence-corrected chi connectivity index (χ3v) is 5.60. The number of benzene rings is 3. The zero-order valence-electron chi connectivity index (χ0n) is 17.6. The number of aromatic amines is 1. The molecule has 5 aromatic rings. The van der Waals surface area contributed by atoms with Crippen molar-refractivity contribution in [1.82, 2.24) is 9.97 Å². The van der Waals surface area contributed by atoms with Gasteiger partial charge in [-0.3, -0.25) is 0 Å². The number of hydrogen-bond acceptors (Lipinski definition) is 6. The van der Waals surface area contributed by atoms with Gasteiger partial charge in [0.2, 0.25) is 5.95 Å². The van der Waals surface area contributed by atoms with Crippen LogP contribution in [-0.4, -0.2) is 24.2 Å². The van der Waals surface area contributed by atoms with Crippen LogP contribution in [0.15, 0.2) is 70.2 Å². The standard InChI is InChI=1S/C24H18Cl2N4O3/c1-31-20-8-7-13(9-22(20)32-2)21-12-19(15-10-14(25)11-16(26)23(15)33-21)29-30-24-27-17-5-3-4-6-18(17)28-24/h3-12H,1-2H3,(H2,27,28,30)/b29-19+. The fraction of sp³-hybridized carbons (Fsp3) is 0.0833. The van der Waals surface area contributed by atoms with Gasteiger partial charge in [0.15, 0.2) is 17.1 Å². The Bertz CT molecular complexity index is 1530. The number of ether oxygens (including phenoxy) is 2. The van der Waals surface area contributed by atoms with Crippen molar-refractivity contribution < 1.29 is 13.9 Å². The van der Waals surface area contributed by atoms with Gasteiger partial charge in [-0.1, -0.05) is 35.3 Å². The molecule has 9 heteroatoms. The van der Waals surface area contributed by atoms with Crippen LogP contribution in [0, 0.1) is 0 Å². The van der Waals surface area contributed by atoms with E-state index in [1.54, 1.807) is 38.5 Å². The van der Waals surface area contributed by atoms with E-state index in [1.807, 2.05) is 36.4 Å². The topological polar surface area (TPSA) is 84.7 Å². The average Bonchev–Trinajstić information content (AvgIpc) is 3.25. The van der Waals surface area contributed by atoms with E-state index in [9.17, 15) is 0 Å². The molecule has 2 aromatic heterocycles. The van der Waals surface area contributed by atoms with Crippen LogP contribution >= 0.6 is 23.2 Å². The van der Waals surface area contributed by atoms with Gasteiger partial charge in [0, 0.05) is 22.0 Å². The van der Waals surface area contributed by atoms with Gasteiger partial charge in [-0.15, -0.1) is 0 Å². The van der Waals surface area contributed by atoms with Gasteiger partial charge < -0.3 is 18.9 Å². The maximum atomic E-state index is 6.47. The minimum Gasteiger partial charge on any atom is -0.493 e. The number of para-hydroxylation sites is 2. The summed E-state index contributed by atoms with van der Waals surface area (Å²) in [7, 11) is 3.16. The monoisotopic (exact) mass is 480 g/mol. The first kappa shape index (κ1) is 21.2. The summed E-state index contributed by atoms with van der Waals surface area (Å²) in [6.07, 6.45) is 0. The summed E-state index contributed by atoms with van der Waals surface area (Å²) in [5.74, 6) is 2.23. The molecule has 0 aliphatic rings. The van der Waals surface area contributed by atoms with Crippen LogP contribution < -0.4 is 20.3 Å². The Labute approximate surface area is 198 Å². The Hall–Kier alpha value is -3.68. The molecule has 0 aliphatic carbocycles. The number of aromatic nitrogens is 2. The first-order chi connectivity index (χ1) is 16.1. The average molecular weight is 481 g/mol. The second-order valence-electron chi connectivity index (χ2n) is 7.16. The van der Waals surface area contributed by atoms with E-state index in [0.29, 0.717) is 49.6 Å². The van der Waals surface area contributed by atoms with E-state index < -0.39 is 0 Å². The molecule has 5 rings (SSSR count). The van der Waals surface area contributed by atoms with Crippen LogP contribution in [0.1, 0.15) is 0 Å². The van der Waals surface area contributed by atoms with Crippen molar-refractivity contribution in [2.75, 3.05) is 19.6 Å². The van der Waals surface area contributed by atoms with E-state index in [2.05, 4.69) is 20.5 Å². The van der Waals surface area contributed by atoms with Gasteiger partial charge in [-0.05, 0) is 42.5 Å². The minimum absolute atomic E-state index is 0.375. The predicted molar refractivity (Wildman–Crippen MR) is 130 cm³/mol. The molecule has 0 fully saturated rings. The van der Waals surface area contributed by atoms with Crippen LogP contribution in [0.3, 0.4) is 0 Å². The smallest absolute Gasteiger partial charge is 0.222 e. The molecule has 0 spiro atoms. The van der Waals surface area contributed by atoms with Crippen molar-refractivity contribution in [3.05, 3.63) is 76.1 Å². The first-order valence-electron chi connectivity index (χ1n) is 9.95. The Morgan fingerprint density at radius 3 is 2.58 bits per heavy atom. The molecule has 2 heterocycles. The number of rotatable bonds is 5. The third kappa shape index (κ3) is 4.08. The number of hydrogen-bond donors (Lipinski definition) is 2. The predicted octanol–water partition coefficient (Wildman–Crippen LogP) is 6.23. The maximum absolute atomic E-state index is 6.47. The van der Waals surface area contributed by atoms with Crippen molar-refractivity contribution in [3.8, 4) is 22.8 Å². The summed E-state index contributed by atoms with van der Waals surface area (Å²) >= 11 is 12.7. The van der Waals surface area contributed by atoms with Crippen molar-refractivity contribution >= 4 is 51.2 Å². The molecule has 0 saturated carbocycles. The zero-order valence-corrected chi connectivity index (χ0v) is 19.2. The highest BCUT2D eigenvalue weighted by atomic mass is 35.5. The SMILES string of the molecule is COc1ccc(-c2c/c(=N\Nc3nc4ccccc4[nH]3)c3cc(Cl)cc(Cl)c3o2)cc1OC. The molecule has 7 nitrogen and oxygen atoms in total. The number of nitrogens with one attached hydrogen (secondary N) is 2. The molecule has 0 bridgehead atoms. The number of imidazole rings is 1. The fourth-order valence-electron chi connectivity index (χ4n) is 3.54. The van der Waals surface area contributed by atoms with Gasteiger partial charge in [-0.2, -0.15) is 5.10 Å². The fourth-order valence-corrected chi connectivity index (χ4v) is 4.07. The van der Waals surface area contributed by atoms with Gasteiger partial charge in [-0.25, -0.2) is 10.4 Å². The van der Waals surface area contributed by atoms with Crippen LogP contribution in [0.5, 0.6) is 11.5 Å². The van der Waals surface area contributed by atoms with Gasteiger partial charge >= 0.3 is 0 Å². The van der Waals surface area contributed by atoms with E-state index in [1.165, 1.54) is 0 Å². The Balaban J connectivity index is 1.67. The molecular weight excluding hydrogens is 463 g/mol. The van der Waals surface area contributed by atoms with Gasteiger partial charge in [0.05, 0.1) is 35.6 Å². The van der Waals surface area contributed by atoms with Gasteiger partial charge in [0.25, 0.3) is 0 Å². The molecule has 0 unspecified atom stereocenters. The molecule has 33 heavy (non-hydrogen) atoms. The second-order valence-corrected chi connectivity index (χ2v) is 8.00. The molecule has 2 N–H and O–H groups in total. The largest absolute Gasteiger partial charge is 0.493 e. The lowest BCUT2D eigenvalue weighted by Crippen LogP contribution is -2.08. The van der Waals surface area contributed by atoms with E-state index in [-0.39, 0.29) is 0 Å². The lowest BCUT2D eigenvalue weighted by Gasteiger charge is -2.10. The number of halogens is 2. The molecule has 3 aromatic carbocycles. The highest BCUT2D eigenvalue weighted by Crippen LogP contribution is 2.34. The van der Waals surface area contributed by atoms with E-state index in [0.717, 1.165) is 16.6 Å². The summed E-state index contributed by atoms with van der Waals surface area (Å²) in [6, 6.07) is 18.4. The molecule has 0 saturated heterocycles. The maximum Gasteiger partial charge on any atom is 0.222 e. The van der Waals surface area contributed by atoms with Crippen LogP contribution in [-0.2, 0) is 0 Å². The first-order valence-corrected chi connectivity index (χ1v) is 10.7. The number of H-pyrrole nitrogens is 1. The van der Waals surface area contributed by atoms with Crippen LogP contribution in [0.2, 0.25) is 10.0 Å². The van der Waals surface area contributed by atoms with Crippen molar-refractivity contribution in [2.24, 2.45) is 5.10 Å². The summed E-state index contributed by atoms with van der Waals surface area (Å²) in [6.45, 7) is 0. The van der Waals surface area contributed by atoms with Crippen LogP contribution in [0.4, 0.5) is 5.95 Å². The van der Waals surface area contributed by atoms with Crippen molar-refractivity contribution in [2.45, 2.75) is 0 Å². The summed E-state index contributed by atoms with van der Waals surface area (Å²) in [5.41, 5.74) is 5.94. The number of methoxy groups -OCH3 is 2. The Kier molecular flexibility index (Phi) is 5.58. The molecule has 0 aliphatic heterocycles. The third-order valence-electron chi connectivity index (χ3n) is 5.10. The highest BCUT2D eigenvalue weighted by molar-refractivity contribution is 6.38. The van der Waals surface area contributed by atoms with E-state index in [4.69, 9.17) is 37.1 Å². The number of fused-ring (bicyclic) bond motifs is 2. The molecule has 0 atom stereocenters. The van der Waals surface area contributed by atoms with E-state index >= 15 is 0 Å². The quantitative estimate of drug-likeness (QED) is 0.291. The molecule has 166 valence electrons. The van der Waals surface area contributed by atoms with Crippen molar-refractivity contribution in [1.29, 1.82) is 0 Å². The minimum atomic E-state index is 0.375. The summed E-state index contributed by atoms with van der Waals surface area (Å²) in [4.78, 5) is 7.69. The summed E-state index contributed by atoms with van der Waals surface area (Å²) in [5, 5.41) is 6.64. The number of anilines is 1. The summed E-state index contributed by atoms with van der Waals surface area (Å²) < 4.78 is 16.9. The number of nitrogens with zero attached hydrogens (tertiary/aromatic N) is 2. The molecule has 0 radical (unpaired) electrons. The Morgan fingerprint density at radius 1 is 0.970 bits per heavy atom. The lowest BCUT2D eigenvalue weighted by molar-refractivity contribution is 0.355. The van der Waals surface area contributed by atoms with Gasteiger partial charge in [0.1, 0.15) is 5.76 Å².